The second-order valence-corrected chi connectivity index (χ2v) is 5.03. The molecule has 0 radical (unpaired) electrons. The number of aliphatic carboxylic acids is 1. The van der Waals surface area contributed by atoms with Gasteiger partial charge in [0.2, 0.25) is 0 Å². The molecule has 0 heterocycles. The lowest BCUT2D eigenvalue weighted by atomic mass is 9.89. The van der Waals surface area contributed by atoms with Crippen LogP contribution in [0.25, 0.3) is 0 Å². The molecular weight excluding hydrogens is 188 g/mol. The minimum absolute atomic E-state index is 0.587. The molecule has 2 fully saturated rings. The number of hydrogen-bond acceptors (Lipinski definition) is 1. The molecule has 2 rings (SSSR count). The highest BCUT2D eigenvalue weighted by atomic mass is 16.4. The molecule has 0 saturated heterocycles. The number of hydrogen-bond donors (Lipinski definition) is 1. The van der Waals surface area contributed by atoms with Crippen LogP contribution in [0.5, 0.6) is 0 Å². The molecule has 0 aromatic carbocycles. The Hall–Kier alpha value is -0.790. The van der Waals surface area contributed by atoms with E-state index in [1.807, 2.05) is 0 Å². The van der Waals surface area contributed by atoms with Crippen LogP contribution in [-0.4, -0.2) is 11.1 Å². The summed E-state index contributed by atoms with van der Waals surface area (Å²) < 4.78 is 0. The summed E-state index contributed by atoms with van der Waals surface area (Å²) in [4.78, 5) is 10.7. The molecule has 0 aromatic heterocycles. The molecule has 1 atom stereocenters. The molecule has 2 aliphatic carbocycles. The van der Waals surface area contributed by atoms with Crippen molar-refractivity contribution in [1.29, 1.82) is 0 Å². The van der Waals surface area contributed by atoms with Gasteiger partial charge in [0.25, 0.3) is 0 Å². The maximum atomic E-state index is 10.7. The van der Waals surface area contributed by atoms with Crippen molar-refractivity contribution in [3.8, 4) is 0 Å². The Labute approximate surface area is 91.4 Å². The first-order chi connectivity index (χ1) is 7.25. The van der Waals surface area contributed by atoms with Crippen molar-refractivity contribution in [3.05, 3.63) is 11.6 Å². The van der Waals surface area contributed by atoms with E-state index in [-0.39, 0.29) is 0 Å². The summed E-state index contributed by atoms with van der Waals surface area (Å²) in [6.45, 7) is 0. The van der Waals surface area contributed by atoms with Crippen LogP contribution in [0, 0.1) is 11.8 Å². The summed E-state index contributed by atoms with van der Waals surface area (Å²) in [6.07, 6.45) is 11.7. The Kier molecular flexibility index (Phi) is 3.45. The molecule has 84 valence electrons. The lowest BCUT2D eigenvalue weighted by Crippen LogP contribution is -2.05. The smallest absolute Gasteiger partial charge is 0.328 e. The fourth-order valence-corrected chi connectivity index (χ4v) is 3.21. The standard InChI is InChI=1S/C13H20O2/c14-13(15)9-12-7-3-6-11(12)8-10-4-1-2-5-10/h9-11H,1-8H2,(H,14,15)/b12-9+. The zero-order valence-electron chi connectivity index (χ0n) is 9.24. The van der Waals surface area contributed by atoms with E-state index in [0.29, 0.717) is 5.92 Å². The van der Waals surface area contributed by atoms with E-state index in [4.69, 9.17) is 5.11 Å². The molecule has 0 aliphatic heterocycles. The lowest BCUT2D eigenvalue weighted by molar-refractivity contribution is -0.131. The van der Waals surface area contributed by atoms with E-state index < -0.39 is 5.97 Å². The molecule has 2 saturated carbocycles. The highest BCUT2D eigenvalue weighted by Crippen LogP contribution is 2.39. The first kappa shape index (κ1) is 10.7. The van der Waals surface area contributed by atoms with Crippen LogP contribution >= 0.6 is 0 Å². The predicted molar refractivity (Wildman–Crippen MR) is 59.6 cm³/mol. The largest absolute Gasteiger partial charge is 0.478 e. The molecule has 1 N–H and O–H groups in total. The average Bonchev–Trinajstić information content (AvgIpc) is 2.78. The molecular formula is C13H20O2. The van der Waals surface area contributed by atoms with Gasteiger partial charge in [0.05, 0.1) is 0 Å². The number of allylic oxidation sites excluding steroid dienone is 1. The molecule has 2 aliphatic rings. The molecule has 0 spiro atoms. The highest BCUT2D eigenvalue weighted by Gasteiger charge is 2.26. The van der Waals surface area contributed by atoms with Gasteiger partial charge in [0.15, 0.2) is 0 Å². The van der Waals surface area contributed by atoms with Gasteiger partial charge in [-0.05, 0) is 37.5 Å². The Balaban J connectivity index is 1.92. The second kappa shape index (κ2) is 4.82. The molecule has 2 nitrogen and oxygen atoms in total. The molecule has 0 aromatic rings. The van der Waals surface area contributed by atoms with Crippen molar-refractivity contribution in [2.75, 3.05) is 0 Å². The topological polar surface area (TPSA) is 37.3 Å². The number of carboxylic acids is 1. The van der Waals surface area contributed by atoms with Crippen molar-refractivity contribution in [1.82, 2.24) is 0 Å². The van der Waals surface area contributed by atoms with Crippen LogP contribution in [-0.2, 0) is 4.79 Å². The minimum atomic E-state index is -0.761. The number of carbonyl (C=O) groups is 1. The Morgan fingerprint density at radius 1 is 1.27 bits per heavy atom. The quantitative estimate of drug-likeness (QED) is 0.722. The van der Waals surface area contributed by atoms with E-state index in [2.05, 4.69) is 0 Å². The third-order valence-corrected chi connectivity index (χ3v) is 3.94. The SMILES string of the molecule is O=C(O)/C=C1\CCCC1CC1CCCC1. The highest BCUT2D eigenvalue weighted by molar-refractivity contribution is 5.80. The summed E-state index contributed by atoms with van der Waals surface area (Å²) in [7, 11) is 0. The van der Waals surface area contributed by atoms with Gasteiger partial charge in [0.1, 0.15) is 0 Å². The number of carboxylic acid groups (broad SMARTS) is 1. The second-order valence-electron chi connectivity index (χ2n) is 5.03. The molecule has 0 amide bonds. The van der Waals surface area contributed by atoms with E-state index >= 15 is 0 Å². The zero-order chi connectivity index (χ0) is 10.7. The summed E-state index contributed by atoms with van der Waals surface area (Å²) in [5, 5.41) is 8.78. The molecule has 2 heteroatoms. The Morgan fingerprint density at radius 2 is 2.00 bits per heavy atom. The molecule has 1 unspecified atom stereocenters. The lowest BCUT2D eigenvalue weighted by Gasteiger charge is -2.16. The zero-order valence-corrected chi connectivity index (χ0v) is 9.24. The van der Waals surface area contributed by atoms with E-state index in [1.165, 1.54) is 56.6 Å². The van der Waals surface area contributed by atoms with Gasteiger partial charge in [-0.2, -0.15) is 0 Å². The summed E-state index contributed by atoms with van der Waals surface area (Å²) in [5.74, 6) is 0.706. The summed E-state index contributed by atoms with van der Waals surface area (Å²) in [5.41, 5.74) is 1.20. The van der Waals surface area contributed by atoms with Gasteiger partial charge < -0.3 is 5.11 Å². The van der Waals surface area contributed by atoms with Crippen molar-refractivity contribution in [2.24, 2.45) is 11.8 Å². The van der Waals surface area contributed by atoms with Gasteiger partial charge in [-0.25, -0.2) is 4.79 Å². The maximum absolute atomic E-state index is 10.7. The monoisotopic (exact) mass is 208 g/mol. The Bertz CT molecular complexity index is 262. The van der Waals surface area contributed by atoms with Gasteiger partial charge in [0, 0.05) is 6.08 Å². The van der Waals surface area contributed by atoms with Gasteiger partial charge in [-0.3, -0.25) is 0 Å². The van der Waals surface area contributed by atoms with Crippen molar-refractivity contribution in [3.63, 3.8) is 0 Å². The van der Waals surface area contributed by atoms with Crippen LogP contribution in [0.15, 0.2) is 11.6 Å². The summed E-state index contributed by atoms with van der Waals surface area (Å²) >= 11 is 0. The Morgan fingerprint density at radius 3 is 2.67 bits per heavy atom. The first-order valence-electron chi connectivity index (χ1n) is 6.19. The number of rotatable bonds is 3. The fraction of sp³-hybridized carbons (Fsp3) is 0.769. The maximum Gasteiger partial charge on any atom is 0.328 e. The first-order valence-corrected chi connectivity index (χ1v) is 6.19. The van der Waals surface area contributed by atoms with Gasteiger partial charge in [-0.1, -0.05) is 31.3 Å². The van der Waals surface area contributed by atoms with Crippen LogP contribution in [0.2, 0.25) is 0 Å². The van der Waals surface area contributed by atoms with Crippen LogP contribution < -0.4 is 0 Å². The van der Waals surface area contributed by atoms with Crippen LogP contribution in [0.4, 0.5) is 0 Å². The van der Waals surface area contributed by atoms with Crippen LogP contribution in [0.3, 0.4) is 0 Å². The summed E-state index contributed by atoms with van der Waals surface area (Å²) in [6, 6.07) is 0. The van der Waals surface area contributed by atoms with Crippen molar-refractivity contribution in [2.45, 2.75) is 51.4 Å². The fourth-order valence-electron chi connectivity index (χ4n) is 3.21. The molecule has 15 heavy (non-hydrogen) atoms. The molecule has 0 bridgehead atoms. The van der Waals surface area contributed by atoms with E-state index in [0.717, 1.165) is 12.3 Å². The third-order valence-electron chi connectivity index (χ3n) is 3.94. The van der Waals surface area contributed by atoms with Gasteiger partial charge >= 0.3 is 5.97 Å². The van der Waals surface area contributed by atoms with Crippen molar-refractivity contribution < 1.29 is 9.90 Å². The minimum Gasteiger partial charge on any atom is -0.478 e. The van der Waals surface area contributed by atoms with Crippen molar-refractivity contribution >= 4 is 5.97 Å². The van der Waals surface area contributed by atoms with E-state index in [9.17, 15) is 4.79 Å². The van der Waals surface area contributed by atoms with E-state index in [1.54, 1.807) is 0 Å². The predicted octanol–water partition coefficient (Wildman–Crippen LogP) is 3.38. The average molecular weight is 208 g/mol. The van der Waals surface area contributed by atoms with Gasteiger partial charge in [-0.15, -0.1) is 0 Å². The normalized spacial score (nSPS) is 30.1. The van der Waals surface area contributed by atoms with Crippen LogP contribution in [0.1, 0.15) is 51.4 Å². The third kappa shape index (κ3) is 2.83.